The van der Waals surface area contributed by atoms with Gasteiger partial charge in [0.05, 0.1) is 5.57 Å². The monoisotopic (exact) mass is 410 g/mol. The number of nitrogens with one attached hydrogen (secondary N) is 1. The first-order valence-corrected chi connectivity index (χ1v) is 9.80. The second-order valence-corrected chi connectivity index (χ2v) is 7.49. The van der Waals surface area contributed by atoms with Crippen molar-refractivity contribution in [2.75, 3.05) is 5.32 Å². The zero-order chi connectivity index (χ0) is 20.5. The summed E-state index contributed by atoms with van der Waals surface area (Å²) in [5.74, 6) is -0.312. The number of primary amides is 1. The third-order valence-corrected chi connectivity index (χ3v) is 5.47. The van der Waals surface area contributed by atoms with Crippen LogP contribution >= 0.6 is 11.8 Å². The molecule has 3 aromatic rings. The number of hydrogen-bond acceptors (Lipinski definition) is 5. The van der Waals surface area contributed by atoms with E-state index in [9.17, 15) is 14.3 Å². The van der Waals surface area contributed by atoms with E-state index >= 15 is 0 Å². The standard InChI is InChI=1S/C20H17FN5O2S/c1-11-16(18(22)28)17(12-6-4-7-14(27)9-12)26-19(23-11)24-20(25-26)29-10-13-5-2-3-8-15(13)21/h2-9,17H,10H2,1H3,(H2,22,28)(H,23,24,25). The molecule has 2 heterocycles. The Bertz CT molecular complexity index is 1130. The number of allylic oxidation sites excluding steroid dienone is 1. The first kappa shape index (κ1) is 19.0. The largest absolute Gasteiger partial charge is 0.366 e. The van der Waals surface area contributed by atoms with Crippen LogP contribution in [0.5, 0.6) is 5.75 Å². The lowest BCUT2D eigenvalue weighted by Crippen LogP contribution is -2.31. The number of benzene rings is 2. The van der Waals surface area contributed by atoms with Gasteiger partial charge in [-0.15, -0.1) is 5.10 Å². The molecule has 1 atom stereocenters. The summed E-state index contributed by atoms with van der Waals surface area (Å²) in [5.41, 5.74) is 7.59. The van der Waals surface area contributed by atoms with Crippen LogP contribution in [0.3, 0.4) is 0 Å². The highest BCUT2D eigenvalue weighted by Crippen LogP contribution is 2.37. The van der Waals surface area contributed by atoms with Crippen molar-refractivity contribution in [1.82, 2.24) is 14.8 Å². The average Bonchev–Trinajstić information content (AvgIpc) is 3.08. The second-order valence-electron chi connectivity index (χ2n) is 6.55. The molecule has 0 bridgehead atoms. The minimum Gasteiger partial charge on any atom is -0.366 e. The Morgan fingerprint density at radius 2 is 2.07 bits per heavy atom. The summed E-state index contributed by atoms with van der Waals surface area (Å²) < 4.78 is 15.4. The summed E-state index contributed by atoms with van der Waals surface area (Å²) in [6, 6.07) is 12.1. The molecule has 1 aromatic heterocycles. The fraction of sp³-hybridized carbons (Fsp3) is 0.150. The number of aromatic nitrogens is 3. The Balaban J connectivity index is 1.70. The molecule has 0 spiro atoms. The van der Waals surface area contributed by atoms with Crippen molar-refractivity contribution >= 4 is 23.6 Å². The van der Waals surface area contributed by atoms with E-state index in [0.717, 1.165) is 0 Å². The lowest BCUT2D eigenvalue weighted by molar-refractivity contribution is -0.115. The Kier molecular flexibility index (Phi) is 4.98. The lowest BCUT2D eigenvalue weighted by atomic mass is 9.95. The summed E-state index contributed by atoms with van der Waals surface area (Å²) >= 11 is 1.27. The summed E-state index contributed by atoms with van der Waals surface area (Å²) in [7, 11) is 0. The molecule has 1 unspecified atom stereocenters. The molecule has 0 aliphatic carbocycles. The van der Waals surface area contributed by atoms with Crippen molar-refractivity contribution in [3.8, 4) is 5.75 Å². The smallest absolute Gasteiger partial charge is 0.248 e. The molecule has 1 aliphatic heterocycles. The van der Waals surface area contributed by atoms with Crippen molar-refractivity contribution in [3.05, 3.63) is 76.7 Å². The van der Waals surface area contributed by atoms with Gasteiger partial charge in [0.2, 0.25) is 17.0 Å². The Labute approximate surface area is 170 Å². The number of thioether (sulfide) groups is 1. The average molecular weight is 410 g/mol. The third kappa shape index (κ3) is 3.68. The van der Waals surface area contributed by atoms with E-state index in [1.165, 1.54) is 34.6 Å². The third-order valence-electron chi connectivity index (χ3n) is 4.59. The van der Waals surface area contributed by atoms with Gasteiger partial charge in [0.25, 0.3) is 0 Å². The molecule has 0 saturated heterocycles. The maximum atomic E-state index is 13.9. The number of hydrogen-bond donors (Lipinski definition) is 2. The van der Waals surface area contributed by atoms with Gasteiger partial charge in [-0.05, 0) is 36.2 Å². The fourth-order valence-corrected chi connectivity index (χ4v) is 4.08. The van der Waals surface area contributed by atoms with Gasteiger partial charge in [0, 0.05) is 11.4 Å². The van der Waals surface area contributed by atoms with Crippen LogP contribution in [-0.2, 0) is 15.7 Å². The van der Waals surface area contributed by atoms with E-state index in [4.69, 9.17) is 5.73 Å². The molecular weight excluding hydrogens is 393 g/mol. The number of rotatable bonds is 5. The first-order valence-electron chi connectivity index (χ1n) is 8.81. The molecule has 147 valence electrons. The number of halogens is 1. The zero-order valence-corrected chi connectivity index (χ0v) is 16.2. The molecule has 3 N–H and O–H groups in total. The van der Waals surface area contributed by atoms with Crippen LogP contribution in [0.15, 0.2) is 65.0 Å². The number of carbonyl (C=O) groups is 1. The SMILES string of the molecule is CC1=C(C(N)=O)C(c2cccc([O])c2)n2nc(SCc3ccccc3F)nc2N1. The molecule has 4 rings (SSSR count). The molecule has 29 heavy (non-hydrogen) atoms. The number of fused-ring (bicyclic) bond motifs is 1. The number of anilines is 1. The van der Waals surface area contributed by atoms with E-state index in [2.05, 4.69) is 15.4 Å². The van der Waals surface area contributed by atoms with Crippen molar-refractivity contribution in [1.29, 1.82) is 0 Å². The second kappa shape index (κ2) is 7.59. The van der Waals surface area contributed by atoms with Crippen molar-refractivity contribution < 1.29 is 14.3 Å². The molecule has 1 radical (unpaired) electrons. The molecule has 2 aromatic carbocycles. The molecule has 1 aliphatic rings. The highest BCUT2D eigenvalue weighted by atomic mass is 32.2. The Morgan fingerprint density at radius 1 is 1.28 bits per heavy atom. The van der Waals surface area contributed by atoms with Crippen LogP contribution in [0, 0.1) is 5.82 Å². The predicted molar refractivity (Wildman–Crippen MR) is 106 cm³/mol. The normalized spacial score (nSPS) is 15.7. The number of carbonyl (C=O) groups excluding carboxylic acids is 1. The van der Waals surface area contributed by atoms with Crippen LogP contribution in [0.25, 0.3) is 0 Å². The van der Waals surface area contributed by atoms with Gasteiger partial charge in [-0.25, -0.2) is 9.07 Å². The maximum Gasteiger partial charge on any atom is 0.248 e. The van der Waals surface area contributed by atoms with Crippen LogP contribution < -0.4 is 11.1 Å². The lowest BCUT2D eigenvalue weighted by Gasteiger charge is -2.27. The van der Waals surface area contributed by atoms with Crippen molar-refractivity contribution in [2.24, 2.45) is 5.73 Å². The van der Waals surface area contributed by atoms with Gasteiger partial charge in [-0.1, -0.05) is 42.1 Å². The van der Waals surface area contributed by atoms with Gasteiger partial charge in [-0.2, -0.15) is 4.98 Å². The summed E-state index contributed by atoms with van der Waals surface area (Å²) in [5, 5.41) is 19.8. The molecule has 1 amide bonds. The van der Waals surface area contributed by atoms with Gasteiger partial charge in [-0.3, -0.25) is 9.90 Å². The van der Waals surface area contributed by atoms with Gasteiger partial charge in [0.15, 0.2) is 5.75 Å². The summed E-state index contributed by atoms with van der Waals surface area (Å²) in [4.78, 5) is 16.6. The quantitative estimate of drug-likeness (QED) is 0.625. The molecule has 9 heteroatoms. The number of nitrogens with two attached hydrogens (primary N) is 1. The van der Waals surface area contributed by atoms with E-state index in [-0.39, 0.29) is 11.6 Å². The molecule has 0 fully saturated rings. The molecular formula is C20H17FN5O2S. The topological polar surface area (TPSA) is 106 Å². The van der Waals surface area contributed by atoms with Gasteiger partial charge >= 0.3 is 0 Å². The zero-order valence-electron chi connectivity index (χ0n) is 15.4. The van der Waals surface area contributed by atoms with E-state index in [0.29, 0.717) is 39.3 Å². The highest BCUT2D eigenvalue weighted by Gasteiger charge is 2.33. The van der Waals surface area contributed by atoms with E-state index in [1.54, 1.807) is 37.3 Å². The number of nitrogens with zero attached hydrogens (tertiary/aromatic N) is 3. The minimum absolute atomic E-state index is 0.182. The van der Waals surface area contributed by atoms with Crippen LogP contribution in [0.2, 0.25) is 0 Å². The van der Waals surface area contributed by atoms with Crippen LogP contribution in [0.4, 0.5) is 10.3 Å². The first-order chi connectivity index (χ1) is 13.9. The van der Waals surface area contributed by atoms with E-state index < -0.39 is 11.9 Å². The van der Waals surface area contributed by atoms with E-state index in [1.807, 2.05) is 0 Å². The highest BCUT2D eigenvalue weighted by molar-refractivity contribution is 7.98. The van der Waals surface area contributed by atoms with Crippen molar-refractivity contribution in [2.45, 2.75) is 23.9 Å². The molecule has 7 nitrogen and oxygen atoms in total. The van der Waals surface area contributed by atoms with Crippen molar-refractivity contribution in [3.63, 3.8) is 0 Å². The fourth-order valence-electron chi connectivity index (χ4n) is 3.26. The van der Waals surface area contributed by atoms with Gasteiger partial charge < -0.3 is 11.1 Å². The molecule has 0 saturated carbocycles. The summed E-state index contributed by atoms with van der Waals surface area (Å²) in [6.45, 7) is 1.72. The Hall–Kier alpha value is -3.33. The number of amides is 1. The van der Waals surface area contributed by atoms with Gasteiger partial charge in [0.1, 0.15) is 11.9 Å². The summed E-state index contributed by atoms with van der Waals surface area (Å²) in [6.07, 6.45) is 0. The minimum atomic E-state index is -0.673. The van der Waals surface area contributed by atoms with Crippen LogP contribution in [-0.4, -0.2) is 20.7 Å². The Morgan fingerprint density at radius 3 is 2.79 bits per heavy atom. The maximum absolute atomic E-state index is 13.9. The van der Waals surface area contributed by atoms with Crippen LogP contribution in [0.1, 0.15) is 24.1 Å². The predicted octanol–water partition coefficient (Wildman–Crippen LogP) is 3.63.